The minimum atomic E-state index is 0.349. The Morgan fingerprint density at radius 2 is 2.05 bits per heavy atom. The molecule has 1 heterocycles. The van der Waals surface area contributed by atoms with Crippen molar-refractivity contribution in [3.05, 3.63) is 34.9 Å². The van der Waals surface area contributed by atoms with Crippen LogP contribution in [0.5, 0.6) is 0 Å². The van der Waals surface area contributed by atoms with E-state index in [1.807, 2.05) is 24.4 Å². The first-order valence-corrected chi connectivity index (χ1v) is 7.42. The average molecular weight is 322 g/mol. The Kier molecular flexibility index (Phi) is 4.77. The quantitative estimate of drug-likeness (QED) is 0.881. The van der Waals surface area contributed by atoms with Crippen molar-refractivity contribution in [1.29, 1.82) is 0 Å². The van der Waals surface area contributed by atoms with Gasteiger partial charge < -0.3 is 11.1 Å². The summed E-state index contributed by atoms with van der Waals surface area (Å²) in [4.78, 5) is 4.48. The highest BCUT2D eigenvalue weighted by molar-refractivity contribution is 9.10. The van der Waals surface area contributed by atoms with Gasteiger partial charge in [-0.15, -0.1) is 0 Å². The zero-order valence-electron chi connectivity index (χ0n) is 11.4. The van der Waals surface area contributed by atoms with Crippen molar-refractivity contribution in [1.82, 2.24) is 4.98 Å². The minimum Gasteiger partial charge on any atom is -0.367 e. The number of halogens is 1. The summed E-state index contributed by atoms with van der Waals surface area (Å²) in [6, 6.07) is 8.55. The Morgan fingerprint density at radius 3 is 2.74 bits per heavy atom. The number of fused-ring (bicyclic) bond motifs is 1. The van der Waals surface area contributed by atoms with Gasteiger partial charge in [-0.3, -0.25) is 0 Å². The van der Waals surface area contributed by atoms with Gasteiger partial charge in [-0.1, -0.05) is 41.9 Å². The third-order valence-corrected chi connectivity index (χ3v) is 4.05. The molecule has 1 aromatic carbocycles. The molecular formula is C15H20BrN3. The molecule has 0 saturated heterocycles. The maximum Gasteiger partial charge on any atom is 0.134 e. The number of aromatic nitrogens is 1. The number of anilines is 1. The minimum absolute atomic E-state index is 0.349. The lowest BCUT2D eigenvalue weighted by Gasteiger charge is -2.23. The number of rotatable bonds is 5. The van der Waals surface area contributed by atoms with Gasteiger partial charge >= 0.3 is 0 Å². The molecule has 0 spiro atoms. The molecule has 0 bridgehead atoms. The number of benzene rings is 1. The van der Waals surface area contributed by atoms with Gasteiger partial charge in [0, 0.05) is 27.5 Å². The molecule has 1 unspecified atom stereocenters. The molecule has 0 aliphatic carbocycles. The van der Waals surface area contributed by atoms with Gasteiger partial charge in [-0.05, 0) is 31.0 Å². The van der Waals surface area contributed by atoms with E-state index in [1.165, 1.54) is 5.39 Å². The topological polar surface area (TPSA) is 50.9 Å². The molecule has 1 atom stereocenters. The Morgan fingerprint density at radius 1 is 1.26 bits per heavy atom. The summed E-state index contributed by atoms with van der Waals surface area (Å²) in [7, 11) is 0. The largest absolute Gasteiger partial charge is 0.367 e. The van der Waals surface area contributed by atoms with Gasteiger partial charge in [0.25, 0.3) is 0 Å². The second-order valence-corrected chi connectivity index (χ2v) is 5.92. The second kappa shape index (κ2) is 6.35. The van der Waals surface area contributed by atoms with E-state index < -0.39 is 0 Å². The fraction of sp³-hybridized carbons (Fsp3) is 0.400. The summed E-state index contributed by atoms with van der Waals surface area (Å²) in [5.41, 5.74) is 5.69. The van der Waals surface area contributed by atoms with Crippen LogP contribution in [0.4, 0.5) is 5.82 Å². The Hall–Kier alpha value is -1.13. The Balaban J connectivity index is 2.37. The van der Waals surface area contributed by atoms with E-state index in [0.29, 0.717) is 18.5 Å². The van der Waals surface area contributed by atoms with Crippen LogP contribution in [-0.2, 0) is 0 Å². The van der Waals surface area contributed by atoms with Gasteiger partial charge in [0.15, 0.2) is 0 Å². The molecule has 102 valence electrons. The maximum atomic E-state index is 5.69. The molecule has 3 N–H and O–H groups in total. The highest BCUT2D eigenvalue weighted by Crippen LogP contribution is 2.28. The first-order valence-electron chi connectivity index (χ1n) is 6.63. The van der Waals surface area contributed by atoms with E-state index >= 15 is 0 Å². The van der Waals surface area contributed by atoms with Gasteiger partial charge in [0.05, 0.1) is 0 Å². The van der Waals surface area contributed by atoms with Crippen LogP contribution in [0.25, 0.3) is 10.8 Å². The molecule has 0 aliphatic rings. The smallest absolute Gasteiger partial charge is 0.134 e. The number of nitrogens with one attached hydrogen (secondary N) is 1. The number of pyridine rings is 1. The number of nitrogens with zero attached hydrogens (tertiary/aromatic N) is 1. The van der Waals surface area contributed by atoms with E-state index in [9.17, 15) is 0 Å². The van der Waals surface area contributed by atoms with Crippen molar-refractivity contribution in [3.63, 3.8) is 0 Å². The van der Waals surface area contributed by atoms with E-state index in [-0.39, 0.29) is 0 Å². The highest BCUT2D eigenvalue weighted by Gasteiger charge is 2.14. The highest BCUT2D eigenvalue weighted by atomic mass is 79.9. The third-order valence-electron chi connectivity index (χ3n) is 3.36. The normalized spacial score (nSPS) is 12.9. The zero-order valence-corrected chi connectivity index (χ0v) is 12.9. The van der Waals surface area contributed by atoms with Crippen LogP contribution in [0.2, 0.25) is 0 Å². The SMILES string of the molecule is CC(C)C(CCN)Nc1nccc2c(Br)cccc12. The fourth-order valence-corrected chi connectivity index (χ4v) is 2.71. The van der Waals surface area contributed by atoms with Crippen molar-refractivity contribution in [2.75, 3.05) is 11.9 Å². The van der Waals surface area contributed by atoms with Crippen LogP contribution in [0, 0.1) is 5.92 Å². The van der Waals surface area contributed by atoms with E-state index in [2.05, 4.69) is 46.1 Å². The predicted octanol–water partition coefficient (Wildman–Crippen LogP) is 3.78. The van der Waals surface area contributed by atoms with Crippen LogP contribution < -0.4 is 11.1 Å². The number of nitrogens with two attached hydrogens (primary N) is 1. The fourth-order valence-electron chi connectivity index (χ4n) is 2.21. The van der Waals surface area contributed by atoms with Crippen molar-refractivity contribution in [2.24, 2.45) is 11.7 Å². The van der Waals surface area contributed by atoms with E-state index in [4.69, 9.17) is 5.73 Å². The van der Waals surface area contributed by atoms with Crippen LogP contribution in [-0.4, -0.2) is 17.6 Å². The molecule has 0 amide bonds. The van der Waals surface area contributed by atoms with Crippen molar-refractivity contribution < 1.29 is 0 Å². The van der Waals surface area contributed by atoms with Gasteiger partial charge in [0.1, 0.15) is 5.82 Å². The summed E-state index contributed by atoms with van der Waals surface area (Å²) >= 11 is 3.58. The molecular weight excluding hydrogens is 302 g/mol. The van der Waals surface area contributed by atoms with Crippen molar-refractivity contribution >= 4 is 32.5 Å². The monoisotopic (exact) mass is 321 g/mol. The molecule has 0 saturated carbocycles. The van der Waals surface area contributed by atoms with Gasteiger partial charge in [-0.2, -0.15) is 0 Å². The third kappa shape index (κ3) is 3.25. The molecule has 19 heavy (non-hydrogen) atoms. The van der Waals surface area contributed by atoms with Crippen LogP contribution in [0.1, 0.15) is 20.3 Å². The lowest BCUT2D eigenvalue weighted by molar-refractivity contribution is 0.498. The molecule has 2 aromatic rings. The average Bonchev–Trinajstić information content (AvgIpc) is 2.39. The van der Waals surface area contributed by atoms with E-state index in [0.717, 1.165) is 22.1 Å². The van der Waals surface area contributed by atoms with Crippen LogP contribution in [0.3, 0.4) is 0 Å². The number of hydrogen-bond acceptors (Lipinski definition) is 3. The molecule has 1 aromatic heterocycles. The number of hydrogen-bond donors (Lipinski definition) is 2. The van der Waals surface area contributed by atoms with Gasteiger partial charge in [-0.25, -0.2) is 4.98 Å². The second-order valence-electron chi connectivity index (χ2n) is 5.07. The summed E-state index contributed by atoms with van der Waals surface area (Å²) < 4.78 is 1.09. The van der Waals surface area contributed by atoms with Crippen molar-refractivity contribution in [3.8, 4) is 0 Å². The lowest BCUT2D eigenvalue weighted by atomic mass is 10.0. The summed E-state index contributed by atoms with van der Waals surface area (Å²) in [5.74, 6) is 1.46. The standard InChI is InChI=1S/C15H20BrN3/c1-10(2)14(6-8-17)19-15-12-4-3-5-13(16)11(12)7-9-18-15/h3-5,7,9-10,14H,6,8,17H2,1-2H3,(H,18,19). The van der Waals surface area contributed by atoms with Crippen molar-refractivity contribution in [2.45, 2.75) is 26.3 Å². The lowest BCUT2D eigenvalue weighted by Crippen LogP contribution is -2.28. The summed E-state index contributed by atoms with van der Waals surface area (Å²) in [6.45, 7) is 5.09. The first-order chi connectivity index (χ1) is 9.13. The summed E-state index contributed by atoms with van der Waals surface area (Å²) in [5, 5.41) is 5.85. The van der Waals surface area contributed by atoms with Crippen LogP contribution in [0.15, 0.2) is 34.9 Å². The molecule has 0 aliphatic heterocycles. The summed E-state index contributed by atoms with van der Waals surface area (Å²) in [6.07, 6.45) is 2.79. The van der Waals surface area contributed by atoms with Gasteiger partial charge in [0.2, 0.25) is 0 Å². The zero-order chi connectivity index (χ0) is 13.8. The maximum absolute atomic E-state index is 5.69. The van der Waals surface area contributed by atoms with Crippen LogP contribution >= 0.6 is 15.9 Å². The molecule has 2 rings (SSSR count). The Labute approximate surface area is 122 Å². The molecule has 3 nitrogen and oxygen atoms in total. The first kappa shape index (κ1) is 14.3. The van der Waals surface area contributed by atoms with E-state index in [1.54, 1.807) is 0 Å². The molecule has 0 fully saturated rings. The molecule has 0 radical (unpaired) electrons. The molecule has 4 heteroatoms. The predicted molar refractivity (Wildman–Crippen MR) is 85.4 cm³/mol. The Bertz CT molecular complexity index is 554.